The Bertz CT molecular complexity index is 2040. The molecule has 0 atom stereocenters. The third kappa shape index (κ3) is 4.05. The van der Waals surface area contributed by atoms with E-state index in [1.54, 1.807) is 6.07 Å². The first-order valence-corrected chi connectivity index (χ1v) is 13.5. The van der Waals surface area contributed by atoms with Gasteiger partial charge in [-0.05, 0) is 69.8 Å². The molecule has 6 aromatic carbocycles. The van der Waals surface area contributed by atoms with E-state index in [0.29, 0.717) is 11.1 Å². The van der Waals surface area contributed by atoms with Gasteiger partial charge < -0.3 is 4.57 Å². The summed E-state index contributed by atoms with van der Waals surface area (Å²) in [5.41, 5.74) is 10.3. The van der Waals surface area contributed by atoms with E-state index in [0.717, 1.165) is 50.1 Å². The molecule has 190 valence electrons. The molecule has 0 N–H and O–H groups in total. The fourth-order valence-corrected chi connectivity index (χ4v) is 5.85. The second kappa shape index (κ2) is 10.0. The van der Waals surface area contributed by atoms with Gasteiger partial charge in [-0.15, -0.1) is 0 Å². The van der Waals surface area contributed by atoms with Crippen molar-refractivity contribution >= 4 is 21.8 Å². The highest BCUT2D eigenvalue weighted by atomic mass is 15.0. The molecule has 0 spiro atoms. The summed E-state index contributed by atoms with van der Waals surface area (Å²) < 4.78 is 2.34. The number of nitriles is 2. The summed E-state index contributed by atoms with van der Waals surface area (Å²) in [6, 6.07) is 52.2. The zero-order valence-electron chi connectivity index (χ0n) is 22.1. The summed E-state index contributed by atoms with van der Waals surface area (Å²) in [6.07, 6.45) is 0. The number of aromatic nitrogens is 1. The lowest BCUT2D eigenvalue weighted by molar-refractivity contribution is 1.18. The quantitative estimate of drug-likeness (QED) is 0.232. The van der Waals surface area contributed by atoms with Gasteiger partial charge in [-0.1, -0.05) is 103 Å². The fourth-order valence-electron chi connectivity index (χ4n) is 5.85. The van der Waals surface area contributed by atoms with Crippen LogP contribution < -0.4 is 0 Å². The Morgan fingerprint density at radius 1 is 0.439 bits per heavy atom. The van der Waals surface area contributed by atoms with Gasteiger partial charge in [0, 0.05) is 16.5 Å². The first kappa shape index (κ1) is 24.2. The normalized spacial score (nSPS) is 10.9. The molecule has 0 aliphatic rings. The highest BCUT2D eigenvalue weighted by Gasteiger charge is 2.20. The first-order valence-electron chi connectivity index (χ1n) is 13.5. The van der Waals surface area contributed by atoms with Crippen molar-refractivity contribution in [3.63, 3.8) is 0 Å². The summed E-state index contributed by atoms with van der Waals surface area (Å²) in [4.78, 5) is 0. The fraction of sp³-hybridized carbons (Fsp3) is 0. The Balaban J connectivity index is 1.64. The van der Waals surface area contributed by atoms with Crippen LogP contribution in [-0.2, 0) is 0 Å². The SMILES string of the molecule is N#Cc1ccc(-c2c(-c3ccccc3)cc(-n3c4ccccc4c4ccccc43)cc2-c2ccccc2)cc1C#N. The molecule has 1 heterocycles. The first-order chi connectivity index (χ1) is 20.3. The molecule has 0 aliphatic heterocycles. The maximum atomic E-state index is 9.86. The lowest BCUT2D eigenvalue weighted by atomic mass is 9.86. The molecule has 0 aliphatic carbocycles. The topological polar surface area (TPSA) is 52.5 Å². The number of nitrogens with zero attached hydrogens (tertiary/aromatic N) is 3. The van der Waals surface area contributed by atoms with Gasteiger partial charge in [0.15, 0.2) is 0 Å². The standard InChI is InChI=1S/C38H23N3/c39-24-29-20-19-28(21-30(29)25-40)38-34(26-11-3-1-4-12-26)22-31(23-35(38)27-13-5-2-6-14-27)41-36-17-9-7-15-32(36)33-16-8-10-18-37(33)41/h1-23H. The third-order valence-corrected chi connectivity index (χ3v) is 7.68. The average molecular weight is 522 g/mol. The molecule has 0 amide bonds. The smallest absolute Gasteiger partial charge is 0.101 e. The molecule has 0 radical (unpaired) electrons. The molecule has 41 heavy (non-hydrogen) atoms. The highest BCUT2D eigenvalue weighted by Crippen LogP contribution is 2.44. The van der Waals surface area contributed by atoms with Crippen LogP contribution in [-0.4, -0.2) is 4.57 Å². The minimum Gasteiger partial charge on any atom is -0.309 e. The Morgan fingerprint density at radius 3 is 1.44 bits per heavy atom. The molecule has 7 aromatic rings. The second-order valence-electron chi connectivity index (χ2n) is 10.0. The Hall–Kier alpha value is -5.90. The maximum absolute atomic E-state index is 9.86. The highest BCUT2D eigenvalue weighted by molar-refractivity contribution is 6.09. The lowest BCUT2D eigenvalue weighted by Crippen LogP contribution is -1.99. The predicted molar refractivity (Wildman–Crippen MR) is 167 cm³/mol. The molecule has 1 aromatic heterocycles. The van der Waals surface area contributed by atoms with Crippen LogP contribution in [0, 0.1) is 22.7 Å². The zero-order chi connectivity index (χ0) is 27.8. The van der Waals surface area contributed by atoms with Crippen molar-refractivity contribution in [1.29, 1.82) is 10.5 Å². The van der Waals surface area contributed by atoms with Crippen molar-refractivity contribution in [2.24, 2.45) is 0 Å². The lowest BCUT2D eigenvalue weighted by Gasteiger charge is -2.20. The van der Waals surface area contributed by atoms with Crippen molar-refractivity contribution in [3.05, 3.63) is 151 Å². The summed E-state index contributed by atoms with van der Waals surface area (Å²) in [5, 5.41) is 21.9. The van der Waals surface area contributed by atoms with Gasteiger partial charge >= 0.3 is 0 Å². The van der Waals surface area contributed by atoms with Gasteiger partial charge in [0.1, 0.15) is 12.1 Å². The third-order valence-electron chi connectivity index (χ3n) is 7.68. The molecule has 7 rings (SSSR count). The summed E-state index contributed by atoms with van der Waals surface area (Å²) >= 11 is 0. The number of hydrogen-bond acceptors (Lipinski definition) is 2. The van der Waals surface area contributed by atoms with Crippen LogP contribution >= 0.6 is 0 Å². The molecular formula is C38H23N3. The largest absolute Gasteiger partial charge is 0.309 e. The van der Waals surface area contributed by atoms with Gasteiger partial charge in [-0.3, -0.25) is 0 Å². The minimum atomic E-state index is 0.370. The average Bonchev–Trinajstić information content (AvgIpc) is 3.39. The van der Waals surface area contributed by atoms with Crippen molar-refractivity contribution in [1.82, 2.24) is 4.57 Å². The number of benzene rings is 6. The number of para-hydroxylation sites is 2. The summed E-state index contributed by atoms with van der Waals surface area (Å²) in [6.45, 7) is 0. The van der Waals surface area contributed by atoms with E-state index < -0.39 is 0 Å². The van der Waals surface area contributed by atoms with Crippen LogP contribution in [0.5, 0.6) is 0 Å². The Labute approximate surface area is 238 Å². The predicted octanol–water partition coefficient (Wildman–Crippen LogP) is 9.53. The van der Waals surface area contributed by atoms with Gasteiger partial charge in [0.2, 0.25) is 0 Å². The minimum absolute atomic E-state index is 0.370. The van der Waals surface area contributed by atoms with E-state index in [-0.39, 0.29) is 0 Å². The number of fused-ring (bicyclic) bond motifs is 3. The van der Waals surface area contributed by atoms with E-state index in [1.807, 2.05) is 48.5 Å². The van der Waals surface area contributed by atoms with E-state index in [1.165, 1.54) is 10.8 Å². The second-order valence-corrected chi connectivity index (χ2v) is 10.0. The van der Waals surface area contributed by atoms with Crippen molar-refractivity contribution in [2.45, 2.75) is 0 Å². The van der Waals surface area contributed by atoms with Crippen LogP contribution in [0.4, 0.5) is 0 Å². The van der Waals surface area contributed by atoms with E-state index in [2.05, 4.69) is 102 Å². The molecule has 0 fully saturated rings. The number of hydrogen-bond donors (Lipinski definition) is 0. The van der Waals surface area contributed by atoms with Crippen molar-refractivity contribution < 1.29 is 0 Å². The van der Waals surface area contributed by atoms with Gasteiger partial charge in [-0.2, -0.15) is 10.5 Å². The maximum Gasteiger partial charge on any atom is 0.101 e. The van der Waals surface area contributed by atoms with E-state index in [4.69, 9.17) is 0 Å². The molecule has 3 nitrogen and oxygen atoms in total. The monoisotopic (exact) mass is 521 g/mol. The molecule has 3 heteroatoms. The van der Waals surface area contributed by atoms with Gasteiger partial charge in [-0.25, -0.2) is 0 Å². The van der Waals surface area contributed by atoms with Gasteiger partial charge in [0.25, 0.3) is 0 Å². The van der Waals surface area contributed by atoms with E-state index >= 15 is 0 Å². The van der Waals surface area contributed by atoms with Crippen molar-refractivity contribution in [3.8, 4) is 51.2 Å². The van der Waals surface area contributed by atoms with Crippen LogP contribution in [0.25, 0.3) is 60.9 Å². The molecule has 0 bridgehead atoms. The van der Waals surface area contributed by atoms with Crippen LogP contribution in [0.3, 0.4) is 0 Å². The van der Waals surface area contributed by atoms with Crippen molar-refractivity contribution in [2.75, 3.05) is 0 Å². The molecular weight excluding hydrogens is 498 g/mol. The number of rotatable bonds is 4. The van der Waals surface area contributed by atoms with Crippen LogP contribution in [0.1, 0.15) is 11.1 Å². The van der Waals surface area contributed by atoms with Gasteiger partial charge in [0.05, 0.1) is 22.2 Å². The molecule has 0 saturated carbocycles. The Morgan fingerprint density at radius 2 is 0.927 bits per heavy atom. The van der Waals surface area contributed by atoms with Crippen LogP contribution in [0.2, 0.25) is 0 Å². The van der Waals surface area contributed by atoms with Crippen LogP contribution in [0.15, 0.2) is 140 Å². The summed E-state index contributed by atoms with van der Waals surface area (Å²) in [7, 11) is 0. The zero-order valence-corrected chi connectivity index (χ0v) is 22.1. The molecule has 0 unspecified atom stereocenters. The molecule has 0 saturated heterocycles. The Kier molecular flexibility index (Phi) is 5.90. The van der Waals surface area contributed by atoms with E-state index in [9.17, 15) is 10.5 Å². The summed E-state index contributed by atoms with van der Waals surface area (Å²) in [5.74, 6) is 0.